The second kappa shape index (κ2) is 5.03. The van der Waals surface area contributed by atoms with Gasteiger partial charge in [0.15, 0.2) is 0 Å². The van der Waals surface area contributed by atoms with E-state index >= 15 is 0 Å². The number of carbonyl (C=O) groups is 1. The Labute approximate surface area is 116 Å². The van der Waals surface area contributed by atoms with Crippen LogP contribution in [0.1, 0.15) is 16.8 Å². The van der Waals surface area contributed by atoms with Crippen molar-refractivity contribution in [1.29, 1.82) is 0 Å². The van der Waals surface area contributed by atoms with E-state index in [1.54, 1.807) is 0 Å². The van der Waals surface area contributed by atoms with Crippen LogP contribution in [0.5, 0.6) is 0 Å². The Balaban J connectivity index is 2.34. The number of halogens is 4. The second-order valence-electron chi connectivity index (χ2n) is 4.30. The molecular formula is C12H11BrF3NO2. The Morgan fingerprint density at radius 2 is 2.16 bits per heavy atom. The summed E-state index contributed by atoms with van der Waals surface area (Å²) in [6.07, 6.45) is -0.303. The number of ether oxygens (including phenoxy) is 1. The van der Waals surface area contributed by atoms with E-state index < -0.39 is 24.3 Å². The summed E-state index contributed by atoms with van der Waals surface area (Å²) in [7, 11) is 1.18. The summed E-state index contributed by atoms with van der Waals surface area (Å²) in [5.74, 6) is -4.22. The van der Waals surface area contributed by atoms with Gasteiger partial charge in [-0.2, -0.15) is 0 Å². The van der Waals surface area contributed by atoms with E-state index in [1.807, 2.05) is 0 Å². The van der Waals surface area contributed by atoms with Gasteiger partial charge in [-0.25, -0.2) is 18.0 Å². The summed E-state index contributed by atoms with van der Waals surface area (Å²) >= 11 is 3.12. The molecule has 0 unspecified atom stereocenters. The lowest BCUT2D eigenvalue weighted by atomic mass is 10.2. The van der Waals surface area contributed by atoms with Gasteiger partial charge < -0.3 is 9.64 Å². The molecule has 1 aliphatic heterocycles. The zero-order valence-corrected chi connectivity index (χ0v) is 11.6. The molecule has 0 bridgehead atoms. The lowest BCUT2D eigenvalue weighted by Gasteiger charge is -2.20. The van der Waals surface area contributed by atoms with Crippen molar-refractivity contribution in [2.24, 2.45) is 0 Å². The number of alkyl halides is 2. The van der Waals surface area contributed by atoms with Crippen LogP contribution in [0.3, 0.4) is 0 Å². The standard InChI is InChI=1S/C12H11BrF3NO2/c1-19-11(18)7-4-9(14)10(5-8(7)13)17-3-2-12(15,16)6-17/h4-5H,2-3,6H2,1H3. The molecule has 1 saturated heterocycles. The van der Waals surface area contributed by atoms with Crippen molar-refractivity contribution in [3.8, 4) is 0 Å². The summed E-state index contributed by atoms with van der Waals surface area (Å²) in [6.45, 7) is -0.443. The van der Waals surface area contributed by atoms with E-state index in [9.17, 15) is 18.0 Å². The van der Waals surface area contributed by atoms with Crippen LogP contribution in [-0.2, 0) is 4.74 Å². The SMILES string of the molecule is COC(=O)c1cc(F)c(N2CCC(F)(F)C2)cc1Br. The third-order valence-electron chi connectivity index (χ3n) is 2.95. The molecule has 1 fully saturated rings. The maximum Gasteiger partial charge on any atom is 0.339 e. The number of anilines is 1. The third kappa shape index (κ3) is 2.86. The molecule has 1 aromatic carbocycles. The van der Waals surface area contributed by atoms with Crippen molar-refractivity contribution in [2.75, 3.05) is 25.1 Å². The van der Waals surface area contributed by atoms with Crippen molar-refractivity contribution >= 4 is 27.6 Å². The fourth-order valence-corrected chi connectivity index (χ4v) is 2.48. The Hall–Kier alpha value is -1.24. The number of rotatable bonds is 2. The van der Waals surface area contributed by atoms with Crippen LogP contribution in [0.4, 0.5) is 18.9 Å². The molecule has 1 aliphatic rings. The zero-order valence-electron chi connectivity index (χ0n) is 10.1. The zero-order chi connectivity index (χ0) is 14.2. The molecular weight excluding hydrogens is 327 g/mol. The molecule has 104 valence electrons. The predicted octanol–water partition coefficient (Wildman–Crippen LogP) is 3.22. The average molecular weight is 338 g/mol. The Bertz CT molecular complexity index is 522. The summed E-state index contributed by atoms with van der Waals surface area (Å²) in [5.41, 5.74) is 0.0754. The highest BCUT2D eigenvalue weighted by atomic mass is 79.9. The summed E-state index contributed by atoms with van der Waals surface area (Å²) < 4.78 is 45.0. The first-order chi connectivity index (χ1) is 8.84. The molecule has 19 heavy (non-hydrogen) atoms. The molecule has 1 aromatic rings. The van der Waals surface area contributed by atoms with Crippen molar-refractivity contribution in [2.45, 2.75) is 12.3 Å². The molecule has 0 radical (unpaired) electrons. The highest BCUT2D eigenvalue weighted by Gasteiger charge is 2.39. The van der Waals surface area contributed by atoms with Crippen LogP contribution in [0, 0.1) is 5.82 Å². The second-order valence-corrected chi connectivity index (χ2v) is 5.16. The van der Waals surface area contributed by atoms with E-state index in [0.29, 0.717) is 4.47 Å². The van der Waals surface area contributed by atoms with Crippen LogP contribution in [-0.4, -0.2) is 32.1 Å². The Morgan fingerprint density at radius 3 is 2.68 bits per heavy atom. The number of nitrogens with zero attached hydrogens (tertiary/aromatic N) is 1. The van der Waals surface area contributed by atoms with Gasteiger partial charge in [0, 0.05) is 17.4 Å². The van der Waals surface area contributed by atoms with Crippen LogP contribution >= 0.6 is 15.9 Å². The lowest BCUT2D eigenvalue weighted by molar-refractivity contribution is 0.0256. The minimum atomic E-state index is -2.81. The molecule has 0 spiro atoms. The number of benzene rings is 1. The summed E-state index contributed by atoms with van der Waals surface area (Å²) in [6, 6.07) is 2.31. The first kappa shape index (κ1) is 14.2. The van der Waals surface area contributed by atoms with Gasteiger partial charge >= 0.3 is 5.97 Å². The van der Waals surface area contributed by atoms with Crippen molar-refractivity contribution in [3.05, 3.63) is 28.0 Å². The smallest absolute Gasteiger partial charge is 0.339 e. The highest BCUT2D eigenvalue weighted by molar-refractivity contribution is 9.10. The number of methoxy groups -OCH3 is 1. The maximum absolute atomic E-state index is 13.9. The molecule has 3 nitrogen and oxygen atoms in total. The monoisotopic (exact) mass is 337 g/mol. The lowest BCUT2D eigenvalue weighted by Crippen LogP contribution is -2.25. The van der Waals surface area contributed by atoms with Crippen molar-refractivity contribution in [3.63, 3.8) is 0 Å². The number of esters is 1. The first-order valence-corrected chi connectivity index (χ1v) is 6.33. The van der Waals surface area contributed by atoms with Gasteiger partial charge in [0.25, 0.3) is 5.92 Å². The molecule has 0 amide bonds. The van der Waals surface area contributed by atoms with Gasteiger partial charge in [0.05, 0.1) is 24.9 Å². The molecule has 0 aliphatic carbocycles. The topological polar surface area (TPSA) is 29.5 Å². The predicted molar refractivity (Wildman–Crippen MR) is 67.2 cm³/mol. The number of hydrogen-bond donors (Lipinski definition) is 0. The summed E-state index contributed by atoms with van der Waals surface area (Å²) in [4.78, 5) is 12.6. The molecule has 1 heterocycles. The fourth-order valence-electron chi connectivity index (χ4n) is 1.99. The number of hydrogen-bond acceptors (Lipinski definition) is 3. The van der Waals surface area contributed by atoms with Crippen molar-refractivity contribution < 1.29 is 22.7 Å². The number of carbonyl (C=O) groups excluding carboxylic acids is 1. The first-order valence-electron chi connectivity index (χ1n) is 5.54. The largest absolute Gasteiger partial charge is 0.465 e. The van der Waals surface area contributed by atoms with E-state index in [-0.39, 0.29) is 24.2 Å². The van der Waals surface area contributed by atoms with Gasteiger partial charge in [-0.1, -0.05) is 0 Å². The van der Waals surface area contributed by atoms with E-state index in [1.165, 1.54) is 18.1 Å². The van der Waals surface area contributed by atoms with Crippen LogP contribution in [0.2, 0.25) is 0 Å². The van der Waals surface area contributed by atoms with E-state index in [0.717, 1.165) is 6.07 Å². The van der Waals surface area contributed by atoms with Gasteiger partial charge in [-0.3, -0.25) is 0 Å². The minimum Gasteiger partial charge on any atom is -0.465 e. The van der Waals surface area contributed by atoms with Crippen LogP contribution in [0.25, 0.3) is 0 Å². The molecule has 0 N–H and O–H groups in total. The molecule has 0 aromatic heterocycles. The van der Waals surface area contributed by atoms with E-state index in [4.69, 9.17) is 0 Å². The Morgan fingerprint density at radius 1 is 1.47 bits per heavy atom. The van der Waals surface area contributed by atoms with E-state index in [2.05, 4.69) is 20.7 Å². The third-order valence-corrected chi connectivity index (χ3v) is 3.61. The molecule has 0 atom stereocenters. The van der Waals surface area contributed by atoms with Crippen molar-refractivity contribution in [1.82, 2.24) is 0 Å². The Kier molecular flexibility index (Phi) is 3.75. The molecule has 7 heteroatoms. The van der Waals surface area contributed by atoms with Gasteiger partial charge in [-0.05, 0) is 28.1 Å². The maximum atomic E-state index is 13.9. The minimum absolute atomic E-state index is 0.0229. The van der Waals surface area contributed by atoms with Gasteiger partial charge in [-0.15, -0.1) is 0 Å². The van der Waals surface area contributed by atoms with Crippen LogP contribution < -0.4 is 4.90 Å². The van der Waals surface area contributed by atoms with Crippen LogP contribution in [0.15, 0.2) is 16.6 Å². The highest BCUT2D eigenvalue weighted by Crippen LogP contribution is 2.34. The fraction of sp³-hybridized carbons (Fsp3) is 0.417. The average Bonchev–Trinajstić information content (AvgIpc) is 2.71. The van der Waals surface area contributed by atoms with Gasteiger partial charge in [0.1, 0.15) is 5.82 Å². The quantitative estimate of drug-likeness (QED) is 0.776. The normalized spacial score (nSPS) is 17.6. The molecule has 0 saturated carbocycles. The van der Waals surface area contributed by atoms with Gasteiger partial charge in [0.2, 0.25) is 0 Å². The summed E-state index contributed by atoms with van der Waals surface area (Å²) in [5, 5.41) is 0. The molecule has 2 rings (SSSR count).